The zero-order valence-corrected chi connectivity index (χ0v) is 13.5. The number of fused-ring (bicyclic) bond motifs is 3. The molecule has 1 aliphatic carbocycles. The summed E-state index contributed by atoms with van der Waals surface area (Å²) in [7, 11) is 2.14. The van der Waals surface area contributed by atoms with Crippen LogP contribution in [-0.2, 0) is 12.8 Å². The number of nitrogens with zero attached hydrogens (tertiary/aromatic N) is 2. The fourth-order valence-corrected chi connectivity index (χ4v) is 3.94. The van der Waals surface area contributed by atoms with E-state index in [1.54, 1.807) is 0 Å². The molecule has 5 heteroatoms. The summed E-state index contributed by atoms with van der Waals surface area (Å²) in [4.78, 5) is 21.9. The molecule has 2 aromatic heterocycles. The highest BCUT2D eigenvalue weighted by atomic mass is 16.1. The summed E-state index contributed by atoms with van der Waals surface area (Å²) >= 11 is 0. The molecule has 0 unspecified atom stereocenters. The second-order valence-electron chi connectivity index (χ2n) is 6.68. The number of aryl methyl sites for hydroxylation is 2. The van der Waals surface area contributed by atoms with Crippen molar-refractivity contribution in [2.75, 3.05) is 20.1 Å². The number of H-pyrrole nitrogens is 1. The molecule has 0 saturated heterocycles. The quantitative estimate of drug-likeness (QED) is 0.893. The zero-order chi connectivity index (χ0) is 16.0. The van der Waals surface area contributed by atoms with Crippen LogP contribution in [0.2, 0.25) is 0 Å². The molecular weight excluding hydrogens is 288 g/mol. The third-order valence-corrected chi connectivity index (χ3v) is 5.05. The molecule has 0 fully saturated rings. The van der Waals surface area contributed by atoms with Crippen molar-refractivity contribution >= 4 is 22.4 Å². The predicted octanol–water partition coefficient (Wildman–Crippen LogP) is 2.26. The van der Waals surface area contributed by atoms with E-state index in [0.29, 0.717) is 5.69 Å². The lowest BCUT2D eigenvalue weighted by Crippen LogP contribution is -2.25. The van der Waals surface area contributed by atoms with Gasteiger partial charge in [-0.15, -0.1) is 0 Å². The Morgan fingerprint density at radius 1 is 1.35 bits per heavy atom. The number of carbonyl (C=O) groups excluding carboxylic acids is 1. The van der Waals surface area contributed by atoms with E-state index in [1.807, 2.05) is 6.20 Å². The lowest BCUT2D eigenvalue weighted by molar-refractivity contribution is 0.0997. The highest BCUT2D eigenvalue weighted by Gasteiger charge is 2.24. The first kappa shape index (κ1) is 14.5. The Bertz CT molecular complexity index is 818. The molecular formula is C18H22N4O. The molecule has 0 spiro atoms. The first-order valence-electron chi connectivity index (χ1n) is 8.35. The number of likely N-dealkylation sites (N-methyl/N-ethyl adjacent to an activating group) is 1. The number of carbonyl (C=O) groups is 1. The number of hydrogen-bond donors (Lipinski definition) is 2. The summed E-state index contributed by atoms with van der Waals surface area (Å²) < 4.78 is 0. The molecule has 3 N–H and O–H groups in total. The number of aromatic amines is 1. The molecule has 0 saturated carbocycles. The summed E-state index contributed by atoms with van der Waals surface area (Å²) in [6.07, 6.45) is 9.71. The van der Waals surface area contributed by atoms with Crippen LogP contribution >= 0.6 is 0 Å². The summed E-state index contributed by atoms with van der Waals surface area (Å²) in [5.74, 6) is -0.463. The smallest absolute Gasteiger partial charge is 0.269 e. The van der Waals surface area contributed by atoms with Gasteiger partial charge in [0.05, 0.1) is 5.52 Å². The number of amides is 1. The van der Waals surface area contributed by atoms with Crippen LogP contribution in [-0.4, -0.2) is 40.9 Å². The van der Waals surface area contributed by atoms with E-state index in [-0.39, 0.29) is 0 Å². The first-order valence-corrected chi connectivity index (χ1v) is 8.35. The van der Waals surface area contributed by atoms with E-state index in [9.17, 15) is 4.79 Å². The standard InChI is InChI=1S/C18H22N4O/c1-22-8-4-5-11(10-22)13-9-20-17(18(19)23)16-15(13)12-6-2-3-7-14(12)21-16/h5,9,21H,2-4,6-8,10H2,1H3,(H2,19,23). The second kappa shape index (κ2) is 5.49. The molecule has 2 aromatic rings. The fraction of sp³-hybridized carbons (Fsp3) is 0.444. The average Bonchev–Trinajstić information content (AvgIpc) is 2.93. The highest BCUT2D eigenvalue weighted by molar-refractivity contribution is 6.07. The summed E-state index contributed by atoms with van der Waals surface area (Å²) in [5, 5.41) is 1.17. The first-order chi connectivity index (χ1) is 11.1. The monoisotopic (exact) mass is 310 g/mol. The van der Waals surface area contributed by atoms with Crippen molar-refractivity contribution in [2.45, 2.75) is 32.1 Å². The van der Waals surface area contributed by atoms with Crippen molar-refractivity contribution in [3.05, 3.63) is 34.8 Å². The maximum absolute atomic E-state index is 11.8. The van der Waals surface area contributed by atoms with Gasteiger partial charge in [0, 0.05) is 35.9 Å². The Hall–Kier alpha value is -2.14. The molecule has 0 aromatic carbocycles. The minimum Gasteiger partial charge on any atom is -0.364 e. The summed E-state index contributed by atoms with van der Waals surface area (Å²) in [6, 6.07) is 0. The zero-order valence-electron chi connectivity index (χ0n) is 13.5. The maximum Gasteiger partial charge on any atom is 0.269 e. The average molecular weight is 310 g/mol. The molecule has 4 rings (SSSR count). The van der Waals surface area contributed by atoms with Gasteiger partial charge in [0.2, 0.25) is 0 Å². The number of primary amides is 1. The van der Waals surface area contributed by atoms with Crippen molar-refractivity contribution in [3.63, 3.8) is 0 Å². The van der Waals surface area contributed by atoms with Crippen LogP contribution in [0.3, 0.4) is 0 Å². The SMILES string of the molecule is CN1CCC=C(c2cnc(C(N)=O)c3[nH]c4c(c23)CCCC4)C1. The van der Waals surface area contributed by atoms with E-state index in [1.165, 1.54) is 35.1 Å². The summed E-state index contributed by atoms with van der Waals surface area (Å²) in [5.41, 5.74) is 11.8. The lowest BCUT2D eigenvalue weighted by Gasteiger charge is -2.24. The molecule has 120 valence electrons. The van der Waals surface area contributed by atoms with E-state index < -0.39 is 5.91 Å². The molecule has 0 atom stereocenters. The van der Waals surface area contributed by atoms with Crippen molar-refractivity contribution in [1.82, 2.24) is 14.9 Å². The van der Waals surface area contributed by atoms with Crippen LogP contribution in [0.15, 0.2) is 12.3 Å². The number of nitrogens with two attached hydrogens (primary N) is 1. The van der Waals surface area contributed by atoms with Gasteiger partial charge in [0.1, 0.15) is 0 Å². The van der Waals surface area contributed by atoms with E-state index in [0.717, 1.165) is 43.4 Å². The van der Waals surface area contributed by atoms with Crippen LogP contribution in [0, 0.1) is 0 Å². The van der Waals surface area contributed by atoms with E-state index in [4.69, 9.17) is 5.73 Å². The third kappa shape index (κ3) is 2.36. The van der Waals surface area contributed by atoms with Gasteiger partial charge in [-0.05, 0) is 50.3 Å². The Kier molecular flexibility index (Phi) is 3.45. The van der Waals surface area contributed by atoms with Gasteiger partial charge in [-0.1, -0.05) is 6.08 Å². The Balaban J connectivity index is 1.98. The summed E-state index contributed by atoms with van der Waals surface area (Å²) in [6.45, 7) is 2.01. The normalized spacial score (nSPS) is 18.7. The predicted molar refractivity (Wildman–Crippen MR) is 91.3 cm³/mol. The van der Waals surface area contributed by atoms with Crippen LogP contribution in [0.5, 0.6) is 0 Å². The van der Waals surface area contributed by atoms with Crippen molar-refractivity contribution in [3.8, 4) is 0 Å². The van der Waals surface area contributed by atoms with Gasteiger partial charge in [0.25, 0.3) is 5.91 Å². The maximum atomic E-state index is 11.8. The minimum absolute atomic E-state index is 0.364. The Morgan fingerprint density at radius 3 is 2.96 bits per heavy atom. The van der Waals surface area contributed by atoms with Gasteiger partial charge in [-0.25, -0.2) is 4.98 Å². The molecule has 1 amide bonds. The number of nitrogens with one attached hydrogen (secondary N) is 1. The van der Waals surface area contributed by atoms with Crippen molar-refractivity contribution < 1.29 is 4.79 Å². The van der Waals surface area contributed by atoms with Crippen LogP contribution in [0.25, 0.3) is 16.5 Å². The van der Waals surface area contributed by atoms with Crippen molar-refractivity contribution in [1.29, 1.82) is 0 Å². The van der Waals surface area contributed by atoms with Crippen LogP contribution in [0.1, 0.15) is 46.6 Å². The Labute approximate surface area is 135 Å². The largest absolute Gasteiger partial charge is 0.364 e. The molecule has 3 heterocycles. The molecule has 2 aliphatic rings. The van der Waals surface area contributed by atoms with E-state index >= 15 is 0 Å². The third-order valence-electron chi connectivity index (χ3n) is 5.05. The van der Waals surface area contributed by atoms with Gasteiger partial charge in [-0.3, -0.25) is 4.79 Å². The molecule has 0 bridgehead atoms. The number of pyridine rings is 1. The lowest BCUT2D eigenvalue weighted by atomic mass is 9.91. The topological polar surface area (TPSA) is 75.0 Å². The van der Waals surface area contributed by atoms with Gasteiger partial charge in [0.15, 0.2) is 5.69 Å². The molecule has 0 radical (unpaired) electrons. The van der Waals surface area contributed by atoms with E-state index in [2.05, 4.69) is 28.0 Å². The van der Waals surface area contributed by atoms with Gasteiger partial charge in [-0.2, -0.15) is 0 Å². The molecule has 5 nitrogen and oxygen atoms in total. The number of hydrogen-bond acceptors (Lipinski definition) is 3. The van der Waals surface area contributed by atoms with Gasteiger partial charge >= 0.3 is 0 Å². The second-order valence-corrected chi connectivity index (χ2v) is 6.68. The minimum atomic E-state index is -0.463. The number of aromatic nitrogens is 2. The fourth-order valence-electron chi connectivity index (χ4n) is 3.94. The van der Waals surface area contributed by atoms with Crippen LogP contribution in [0.4, 0.5) is 0 Å². The van der Waals surface area contributed by atoms with Crippen molar-refractivity contribution in [2.24, 2.45) is 5.73 Å². The highest BCUT2D eigenvalue weighted by Crippen LogP contribution is 2.36. The van der Waals surface area contributed by atoms with Crippen LogP contribution < -0.4 is 5.73 Å². The molecule has 1 aliphatic heterocycles. The Morgan fingerprint density at radius 2 is 2.17 bits per heavy atom. The van der Waals surface area contributed by atoms with Gasteiger partial charge < -0.3 is 15.6 Å². The molecule has 23 heavy (non-hydrogen) atoms. The number of rotatable bonds is 2.